The Morgan fingerprint density at radius 2 is 2.31 bits per heavy atom. The van der Waals surface area contributed by atoms with E-state index in [-0.39, 0.29) is 0 Å². The average Bonchev–Trinajstić information content (AvgIpc) is 2.67. The topological polar surface area (TPSA) is 17.8 Å². The van der Waals surface area contributed by atoms with E-state index >= 15 is 0 Å². The van der Waals surface area contributed by atoms with Gasteiger partial charge in [-0.25, -0.2) is 4.98 Å². The van der Waals surface area contributed by atoms with Crippen molar-refractivity contribution in [2.75, 3.05) is 11.5 Å². The highest BCUT2D eigenvalue weighted by molar-refractivity contribution is 7.99. The Hall–Kier alpha value is -0.440. The molecule has 2 nitrogen and oxygen atoms in total. The number of aromatic nitrogens is 2. The monoisotopic (exact) mass is 196 g/mol. The van der Waals surface area contributed by atoms with Crippen LogP contribution >= 0.6 is 11.8 Å². The maximum Gasteiger partial charge on any atom is 0.108 e. The molecule has 13 heavy (non-hydrogen) atoms. The van der Waals surface area contributed by atoms with Crippen molar-refractivity contribution in [2.24, 2.45) is 0 Å². The van der Waals surface area contributed by atoms with E-state index in [9.17, 15) is 0 Å². The molecule has 1 aromatic rings. The van der Waals surface area contributed by atoms with Gasteiger partial charge in [-0.3, -0.25) is 0 Å². The van der Waals surface area contributed by atoms with E-state index in [0.29, 0.717) is 0 Å². The van der Waals surface area contributed by atoms with Crippen LogP contribution in [0.2, 0.25) is 0 Å². The predicted molar refractivity (Wildman–Crippen MR) is 57.2 cm³/mol. The van der Waals surface area contributed by atoms with E-state index in [2.05, 4.69) is 34.4 Å². The summed E-state index contributed by atoms with van der Waals surface area (Å²) in [7, 11) is 0. The van der Waals surface area contributed by atoms with Gasteiger partial charge in [0, 0.05) is 24.9 Å². The largest absolute Gasteiger partial charge is 0.332 e. The Balaban J connectivity index is 2.13. The normalized spacial score (nSPS) is 19.2. The SMILES string of the molecule is CCc1nccn1C1CCSCC1. The molecule has 1 aromatic heterocycles. The zero-order valence-electron chi connectivity index (χ0n) is 8.07. The molecule has 0 atom stereocenters. The highest BCUT2D eigenvalue weighted by Gasteiger charge is 2.16. The molecule has 72 valence electrons. The van der Waals surface area contributed by atoms with Gasteiger partial charge in [-0.2, -0.15) is 11.8 Å². The molecule has 0 N–H and O–H groups in total. The van der Waals surface area contributed by atoms with Gasteiger partial charge in [-0.1, -0.05) is 6.92 Å². The minimum atomic E-state index is 0.721. The van der Waals surface area contributed by atoms with Crippen LogP contribution in [0, 0.1) is 0 Å². The molecule has 1 aliphatic heterocycles. The molecule has 0 bridgehead atoms. The third-order valence-corrected chi connectivity index (χ3v) is 3.70. The van der Waals surface area contributed by atoms with Crippen LogP contribution in [0.4, 0.5) is 0 Å². The third kappa shape index (κ3) is 1.90. The summed E-state index contributed by atoms with van der Waals surface area (Å²) in [6.45, 7) is 2.18. The van der Waals surface area contributed by atoms with Crippen molar-refractivity contribution in [3.05, 3.63) is 18.2 Å². The summed E-state index contributed by atoms with van der Waals surface area (Å²) in [5.41, 5.74) is 0. The van der Waals surface area contributed by atoms with E-state index in [0.717, 1.165) is 12.5 Å². The second-order valence-corrected chi connectivity index (χ2v) is 4.67. The van der Waals surface area contributed by atoms with E-state index in [4.69, 9.17) is 0 Å². The molecule has 0 aliphatic carbocycles. The highest BCUT2D eigenvalue weighted by atomic mass is 32.2. The number of hydrogen-bond donors (Lipinski definition) is 0. The quantitative estimate of drug-likeness (QED) is 0.723. The van der Waals surface area contributed by atoms with Crippen molar-refractivity contribution in [1.29, 1.82) is 0 Å². The number of nitrogens with zero attached hydrogens (tertiary/aromatic N) is 2. The number of rotatable bonds is 2. The Kier molecular flexibility index (Phi) is 2.94. The third-order valence-electron chi connectivity index (χ3n) is 2.65. The second kappa shape index (κ2) is 4.18. The van der Waals surface area contributed by atoms with Crippen LogP contribution < -0.4 is 0 Å². The van der Waals surface area contributed by atoms with E-state index < -0.39 is 0 Å². The lowest BCUT2D eigenvalue weighted by molar-refractivity contribution is 0.454. The predicted octanol–water partition coefficient (Wildman–Crippen LogP) is 2.51. The van der Waals surface area contributed by atoms with Crippen molar-refractivity contribution >= 4 is 11.8 Å². The van der Waals surface area contributed by atoms with Gasteiger partial charge in [0.15, 0.2) is 0 Å². The van der Waals surface area contributed by atoms with Crippen LogP contribution in [-0.4, -0.2) is 21.1 Å². The first kappa shape index (κ1) is 9.13. The van der Waals surface area contributed by atoms with Gasteiger partial charge in [0.25, 0.3) is 0 Å². The van der Waals surface area contributed by atoms with Gasteiger partial charge in [-0.05, 0) is 24.3 Å². The average molecular weight is 196 g/mol. The maximum absolute atomic E-state index is 4.37. The number of aryl methyl sites for hydroxylation is 1. The molecule has 1 saturated heterocycles. The van der Waals surface area contributed by atoms with Gasteiger partial charge in [0.2, 0.25) is 0 Å². The molecule has 1 aliphatic rings. The van der Waals surface area contributed by atoms with Crippen molar-refractivity contribution in [1.82, 2.24) is 9.55 Å². The van der Waals surface area contributed by atoms with Crippen molar-refractivity contribution < 1.29 is 0 Å². The smallest absolute Gasteiger partial charge is 0.108 e. The molecule has 1 fully saturated rings. The van der Waals surface area contributed by atoms with Crippen molar-refractivity contribution in [2.45, 2.75) is 32.2 Å². The summed E-state index contributed by atoms with van der Waals surface area (Å²) in [4.78, 5) is 4.37. The summed E-state index contributed by atoms with van der Waals surface area (Å²) in [5.74, 6) is 3.87. The lowest BCUT2D eigenvalue weighted by atomic mass is 10.1. The van der Waals surface area contributed by atoms with Gasteiger partial charge in [0.05, 0.1) is 0 Å². The Morgan fingerprint density at radius 3 is 3.00 bits per heavy atom. The fourth-order valence-corrected chi connectivity index (χ4v) is 3.00. The van der Waals surface area contributed by atoms with E-state index in [1.807, 2.05) is 6.20 Å². The van der Waals surface area contributed by atoms with E-state index in [1.165, 1.54) is 30.2 Å². The summed E-state index contributed by atoms with van der Waals surface area (Å²) in [6.07, 6.45) is 7.75. The summed E-state index contributed by atoms with van der Waals surface area (Å²) in [5, 5.41) is 0. The lowest BCUT2D eigenvalue weighted by Gasteiger charge is -2.24. The molecule has 2 heterocycles. The maximum atomic E-state index is 4.37. The summed E-state index contributed by atoms with van der Waals surface area (Å²) >= 11 is 2.08. The zero-order valence-corrected chi connectivity index (χ0v) is 8.89. The Morgan fingerprint density at radius 1 is 1.54 bits per heavy atom. The fraction of sp³-hybridized carbons (Fsp3) is 0.700. The Bertz CT molecular complexity index is 264. The fourth-order valence-electron chi connectivity index (χ4n) is 1.91. The molecule has 0 spiro atoms. The van der Waals surface area contributed by atoms with Gasteiger partial charge >= 0.3 is 0 Å². The number of thioether (sulfide) groups is 1. The molecule has 2 rings (SSSR count). The Labute approximate surface area is 83.7 Å². The summed E-state index contributed by atoms with van der Waals surface area (Å²) in [6, 6.07) is 0.721. The van der Waals surface area contributed by atoms with Crippen molar-refractivity contribution in [3.8, 4) is 0 Å². The minimum Gasteiger partial charge on any atom is -0.332 e. The van der Waals surface area contributed by atoms with Crippen molar-refractivity contribution in [3.63, 3.8) is 0 Å². The van der Waals surface area contributed by atoms with Crippen LogP contribution in [-0.2, 0) is 6.42 Å². The molecular formula is C10H16N2S. The molecule has 0 aromatic carbocycles. The highest BCUT2D eigenvalue weighted by Crippen LogP contribution is 2.27. The first-order valence-corrected chi connectivity index (χ1v) is 6.16. The molecular weight excluding hydrogens is 180 g/mol. The molecule has 0 amide bonds. The van der Waals surface area contributed by atoms with Crippen LogP contribution in [0.25, 0.3) is 0 Å². The minimum absolute atomic E-state index is 0.721. The van der Waals surface area contributed by atoms with Gasteiger partial charge in [-0.15, -0.1) is 0 Å². The van der Waals surface area contributed by atoms with Crippen LogP contribution in [0.5, 0.6) is 0 Å². The van der Waals surface area contributed by atoms with Crippen LogP contribution in [0.3, 0.4) is 0 Å². The first-order chi connectivity index (χ1) is 6.42. The number of imidazole rings is 1. The second-order valence-electron chi connectivity index (χ2n) is 3.45. The van der Waals surface area contributed by atoms with E-state index in [1.54, 1.807) is 0 Å². The molecule has 0 unspecified atom stereocenters. The number of hydrogen-bond acceptors (Lipinski definition) is 2. The molecule has 3 heteroatoms. The zero-order chi connectivity index (χ0) is 9.10. The molecule has 0 saturated carbocycles. The van der Waals surface area contributed by atoms with Crippen LogP contribution in [0.1, 0.15) is 31.6 Å². The van der Waals surface area contributed by atoms with Crippen LogP contribution in [0.15, 0.2) is 12.4 Å². The lowest BCUT2D eigenvalue weighted by Crippen LogP contribution is -2.16. The summed E-state index contributed by atoms with van der Waals surface area (Å²) < 4.78 is 2.37. The van der Waals surface area contributed by atoms with Gasteiger partial charge < -0.3 is 4.57 Å². The first-order valence-electron chi connectivity index (χ1n) is 5.01. The molecule has 0 radical (unpaired) electrons. The standard InChI is InChI=1S/C10H16N2S/c1-2-10-11-5-6-12(10)9-3-7-13-8-4-9/h5-6,9H,2-4,7-8H2,1H3. The van der Waals surface area contributed by atoms with Gasteiger partial charge in [0.1, 0.15) is 5.82 Å².